The van der Waals surface area contributed by atoms with Crippen LogP contribution in [0.15, 0.2) is 42.5 Å². The van der Waals surface area contributed by atoms with Crippen LogP contribution in [0.5, 0.6) is 5.75 Å². The largest absolute Gasteiger partial charge is 0.497 e. The third-order valence-corrected chi connectivity index (χ3v) is 3.99. The standard InChI is InChI=1S/C20H22N4O8/c1-30-10-9-21-16-8-3-13(11-17(16)24(28)29)19(26)32-12-18(25)23-20(27)22-14-4-6-15(31-2)7-5-14/h3-8,11,21H,9-10,12H2,1-2H3,(H2,22,23,25,27). The van der Waals surface area contributed by atoms with Crippen molar-refractivity contribution in [2.75, 3.05) is 44.6 Å². The van der Waals surface area contributed by atoms with Crippen molar-refractivity contribution in [3.8, 4) is 5.75 Å². The lowest BCUT2D eigenvalue weighted by Crippen LogP contribution is -2.37. The number of imide groups is 1. The Morgan fingerprint density at radius 3 is 2.41 bits per heavy atom. The number of hydrogen-bond donors (Lipinski definition) is 3. The topological polar surface area (TPSA) is 158 Å². The van der Waals surface area contributed by atoms with Gasteiger partial charge in [-0.1, -0.05) is 0 Å². The molecule has 0 fully saturated rings. The number of nitro benzene ring substituents is 1. The van der Waals surface area contributed by atoms with Crippen molar-refractivity contribution in [3.05, 3.63) is 58.1 Å². The molecular formula is C20H22N4O8. The van der Waals surface area contributed by atoms with Crippen molar-refractivity contribution < 1.29 is 33.5 Å². The van der Waals surface area contributed by atoms with E-state index in [-0.39, 0.29) is 16.9 Å². The molecule has 0 saturated carbocycles. The van der Waals surface area contributed by atoms with Crippen LogP contribution in [0.2, 0.25) is 0 Å². The molecule has 0 spiro atoms. The first-order chi connectivity index (χ1) is 15.3. The highest BCUT2D eigenvalue weighted by atomic mass is 16.6. The van der Waals surface area contributed by atoms with Gasteiger partial charge in [-0.05, 0) is 36.4 Å². The van der Waals surface area contributed by atoms with Crippen LogP contribution in [0.3, 0.4) is 0 Å². The fraction of sp³-hybridized carbons (Fsp3) is 0.250. The summed E-state index contributed by atoms with van der Waals surface area (Å²) in [4.78, 5) is 46.5. The molecule has 3 amide bonds. The molecule has 0 radical (unpaired) electrons. The summed E-state index contributed by atoms with van der Waals surface area (Å²) in [7, 11) is 3.00. The lowest BCUT2D eigenvalue weighted by molar-refractivity contribution is -0.384. The van der Waals surface area contributed by atoms with Gasteiger partial charge >= 0.3 is 12.0 Å². The third kappa shape index (κ3) is 7.25. The molecule has 0 aliphatic heterocycles. The second-order valence-corrected chi connectivity index (χ2v) is 6.22. The Hall–Kier alpha value is -4.19. The van der Waals surface area contributed by atoms with Gasteiger partial charge in [-0.15, -0.1) is 0 Å². The zero-order valence-corrected chi connectivity index (χ0v) is 17.4. The Morgan fingerprint density at radius 2 is 1.78 bits per heavy atom. The minimum atomic E-state index is -0.956. The van der Waals surface area contributed by atoms with Crippen molar-refractivity contribution in [3.63, 3.8) is 0 Å². The molecule has 0 aliphatic carbocycles. The van der Waals surface area contributed by atoms with Crippen LogP contribution in [0, 0.1) is 10.1 Å². The summed E-state index contributed by atoms with van der Waals surface area (Å²) in [5.74, 6) is -1.24. The molecule has 12 heteroatoms. The minimum Gasteiger partial charge on any atom is -0.497 e. The Bertz CT molecular complexity index is 978. The van der Waals surface area contributed by atoms with E-state index >= 15 is 0 Å². The van der Waals surface area contributed by atoms with Crippen LogP contribution in [0.4, 0.5) is 21.9 Å². The van der Waals surface area contributed by atoms with Gasteiger partial charge in [-0.2, -0.15) is 0 Å². The zero-order chi connectivity index (χ0) is 23.5. The number of nitro groups is 1. The third-order valence-electron chi connectivity index (χ3n) is 3.99. The number of carbonyl (C=O) groups excluding carboxylic acids is 3. The second kappa shape index (κ2) is 11.9. The fourth-order valence-corrected chi connectivity index (χ4v) is 2.46. The maximum atomic E-state index is 12.2. The first-order valence-electron chi connectivity index (χ1n) is 9.27. The minimum absolute atomic E-state index is 0.121. The summed E-state index contributed by atoms with van der Waals surface area (Å²) in [5, 5.41) is 18.5. The molecule has 12 nitrogen and oxygen atoms in total. The lowest BCUT2D eigenvalue weighted by atomic mass is 10.1. The lowest BCUT2D eigenvalue weighted by Gasteiger charge is -2.09. The normalized spacial score (nSPS) is 10.1. The highest BCUT2D eigenvalue weighted by Crippen LogP contribution is 2.25. The molecule has 170 valence electrons. The number of nitrogens with zero attached hydrogens (tertiary/aromatic N) is 1. The van der Waals surface area contributed by atoms with E-state index in [0.717, 1.165) is 6.07 Å². The van der Waals surface area contributed by atoms with E-state index in [1.165, 1.54) is 26.4 Å². The maximum absolute atomic E-state index is 12.2. The van der Waals surface area contributed by atoms with Gasteiger partial charge in [0.25, 0.3) is 11.6 Å². The summed E-state index contributed by atoms with van der Waals surface area (Å²) < 4.78 is 14.7. The van der Waals surface area contributed by atoms with Crippen LogP contribution in [-0.4, -0.2) is 56.8 Å². The molecule has 3 N–H and O–H groups in total. The van der Waals surface area contributed by atoms with E-state index in [9.17, 15) is 24.5 Å². The molecule has 0 aromatic heterocycles. The number of urea groups is 1. The Kier molecular flexibility index (Phi) is 8.92. The molecule has 32 heavy (non-hydrogen) atoms. The maximum Gasteiger partial charge on any atom is 0.338 e. The molecule has 0 aliphatic rings. The van der Waals surface area contributed by atoms with E-state index in [1.807, 2.05) is 5.32 Å². The van der Waals surface area contributed by atoms with Crippen LogP contribution in [0.1, 0.15) is 10.4 Å². The van der Waals surface area contributed by atoms with Gasteiger partial charge < -0.3 is 24.8 Å². The van der Waals surface area contributed by atoms with Gasteiger partial charge in [0.2, 0.25) is 0 Å². The number of esters is 1. The summed E-state index contributed by atoms with van der Waals surface area (Å²) in [6.45, 7) is -0.0848. The first-order valence-corrected chi connectivity index (χ1v) is 9.27. The smallest absolute Gasteiger partial charge is 0.338 e. The van der Waals surface area contributed by atoms with Gasteiger partial charge in [0.15, 0.2) is 6.61 Å². The summed E-state index contributed by atoms with van der Waals surface area (Å²) in [5.41, 5.74) is 0.166. The van der Waals surface area contributed by atoms with Crippen LogP contribution in [0.25, 0.3) is 0 Å². The number of carbonyl (C=O) groups is 3. The quantitative estimate of drug-likeness (QED) is 0.215. The van der Waals surface area contributed by atoms with Crippen LogP contribution in [-0.2, 0) is 14.3 Å². The van der Waals surface area contributed by atoms with E-state index in [2.05, 4.69) is 10.6 Å². The number of amides is 3. The van der Waals surface area contributed by atoms with Gasteiger partial charge in [-0.25, -0.2) is 9.59 Å². The Morgan fingerprint density at radius 1 is 1.06 bits per heavy atom. The first kappa shape index (κ1) is 24.1. The summed E-state index contributed by atoms with van der Waals surface area (Å²) in [6, 6.07) is 9.27. The molecule has 0 bridgehead atoms. The van der Waals surface area contributed by atoms with E-state index in [1.54, 1.807) is 24.3 Å². The van der Waals surface area contributed by atoms with Gasteiger partial charge in [0, 0.05) is 25.4 Å². The molecule has 2 rings (SSSR count). The average molecular weight is 446 g/mol. The van der Waals surface area contributed by atoms with E-state index < -0.39 is 29.4 Å². The number of nitrogens with one attached hydrogen (secondary N) is 3. The highest BCUT2D eigenvalue weighted by Gasteiger charge is 2.19. The number of ether oxygens (including phenoxy) is 3. The molecule has 2 aromatic carbocycles. The highest BCUT2D eigenvalue weighted by molar-refractivity contribution is 6.02. The summed E-state index contributed by atoms with van der Waals surface area (Å²) >= 11 is 0. The molecule has 2 aromatic rings. The number of benzene rings is 2. The zero-order valence-electron chi connectivity index (χ0n) is 17.4. The van der Waals surface area contributed by atoms with Gasteiger partial charge in [0.05, 0.1) is 24.2 Å². The van der Waals surface area contributed by atoms with Gasteiger partial charge in [-0.3, -0.25) is 20.2 Å². The SMILES string of the molecule is COCCNc1ccc(C(=O)OCC(=O)NC(=O)Nc2ccc(OC)cc2)cc1[N+](=O)[O-]. The predicted molar refractivity (Wildman–Crippen MR) is 114 cm³/mol. The Labute approximate surface area is 183 Å². The fourth-order valence-electron chi connectivity index (χ4n) is 2.46. The monoisotopic (exact) mass is 446 g/mol. The van der Waals surface area contributed by atoms with Crippen LogP contribution < -0.4 is 20.7 Å². The molecular weight excluding hydrogens is 424 g/mol. The number of hydrogen-bond acceptors (Lipinski definition) is 9. The Balaban J connectivity index is 1.88. The number of methoxy groups -OCH3 is 2. The second-order valence-electron chi connectivity index (χ2n) is 6.22. The molecule has 0 saturated heterocycles. The molecule has 0 atom stereocenters. The predicted octanol–water partition coefficient (Wildman–Crippen LogP) is 2.17. The number of anilines is 2. The van der Waals surface area contributed by atoms with Crippen molar-refractivity contribution in [1.82, 2.24) is 5.32 Å². The van der Waals surface area contributed by atoms with E-state index in [4.69, 9.17) is 14.2 Å². The van der Waals surface area contributed by atoms with Crippen molar-refractivity contribution in [2.45, 2.75) is 0 Å². The summed E-state index contributed by atoms with van der Waals surface area (Å²) in [6.07, 6.45) is 0. The van der Waals surface area contributed by atoms with Crippen molar-refractivity contribution in [2.24, 2.45) is 0 Å². The number of rotatable bonds is 10. The molecule has 0 unspecified atom stereocenters. The average Bonchev–Trinajstić information content (AvgIpc) is 2.78. The van der Waals surface area contributed by atoms with Gasteiger partial charge in [0.1, 0.15) is 11.4 Å². The van der Waals surface area contributed by atoms with E-state index in [0.29, 0.717) is 24.6 Å². The van der Waals surface area contributed by atoms with Crippen LogP contribution >= 0.6 is 0 Å². The van der Waals surface area contributed by atoms with Crippen molar-refractivity contribution >= 4 is 35.0 Å². The molecule has 0 heterocycles. The van der Waals surface area contributed by atoms with Crippen molar-refractivity contribution in [1.29, 1.82) is 0 Å².